The Morgan fingerprint density at radius 1 is 1.50 bits per heavy atom. The molecule has 2 rings (SSSR count). The molecule has 0 N–H and O–H groups in total. The molecule has 2 atom stereocenters. The summed E-state index contributed by atoms with van der Waals surface area (Å²) in [6.07, 6.45) is 8.63. The lowest BCUT2D eigenvalue weighted by Crippen LogP contribution is -1.97. The topological polar surface area (TPSA) is 12.5 Å². The minimum Gasteiger partial charge on any atom is -0.369 e. The fourth-order valence-corrected chi connectivity index (χ4v) is 1.68. The lowest BCUT2D eigenvalue weighted by molar-refractivity contribution is 0.361. The quantitative estimate of drug-likeness (QED) is 0.369. The van der Waals surface area contributed by atoms with E-state index in [2.05, 4.69) is 13.0 Å². The maximum absolute atomic E-state index is 5.47. The molecule has 10 heavy (non-hydrogen) atoms. The fourth-order valence-electron chi connectivity index (χ4n) is 1.68. The van der Waals surface area contributed by atoms with E-state index in [-0.39, 0.29) is 0 Å². The van der Waals surface area contributed by atoms with Gasteiger partial charge in [0.2, 0.25) is 0 Å². The van der Waals surface area contributed by atoms with Crippen LogP contribution in [0.3, 0.4) is 0 Å². The summed E-state index contributed by atoms with van der Waals surface area (Å²) in [6.45, 7) is 2.21. The van der Waals surface area contributed by atoms with Crippen molar-refractivity contribution in [2.75, 3.05) is 0 Å². The van der Waals surface area contributed by atoms with Crippen LogP contribution < -0.4 is 0 Å². The smallest absolute Gasteiger partial charge is 0.0878 e. The second-order valence-corrected chi connectivity index (χ2v) is 3.40. The monoisotopic (exact) mass is 138 g/mol. The summed E-state index contributed by atoms with van der Waals surface area (Å²) < 4.78 is 5.47. The summed E-state index contributed by atoms with van der Waals surface area (Å²) in [4.78, 5) is 0. The molecule has 1 fully saturated rings. The zero-order chi connectivity index (χ0) is 6.97. The molecule has 0 aromatic carbocycles. The van der Waals surface area contributed by atoms with Crippen molar-refractivity contribution in [1.29, 1.82) is 0 Å². The van der Waals surface area contributed by atoms with E-state index in [1.807, 2.05) is 0 Å². The molecule has 1 heteroatoms. The number of hydrogen-bond donors (Lipinski definition) is 0. The van der Waals surface area contributed by atoms with E-state index in [1.165, 1.54) is 31.3 Å². The van der Waals surface area contributed by atoms with Crippen molar-refractivity contribution in [1.82, 2.24) is 0 Å². The van der Waals surface area contributed by atoms with Crippen molar-refractivity contribution in [3.8, 4) is 0 Å². The molecular weight excluding hydrogens is 124 g/mol. The van der Waals surface area contributed by atoms with Crippen LogP contribution in [0.15, 0.2) is 11.6 Å². The average Bonchev–Trinajstić information content (AvgIpc) is 2.54. The van der Waals surface area contributed by atoms with Gasteiger partial charge in [0.05, 0.1) is 12.2 Å². The number of hydrogen-bond acceptors (Lipinski definition) is 1. The van der Waals surface area contributed by atoms with E-state index < -0.39 is 0 Å². The van der Waals surface area contributed by atoms with Gasteiger partial charge < -0.3 is 4.74 Å². The predicted molar refractivity (Wildman–Crippen MR) is 40.9 cm³/mol. The first-order chi connectivity index (χ1) is 4.86. The van der Waals surface area contributed by atoms with Gasteiger partial charge >= 0.3 is 0 Å². The van der Waals surface area contributed by atoms with Gasteiger partial charge in [0.1, 0.15) is 0 Å². The van der Waals surface area contributed by atoms with Crippen LogP contribution in [0.2, 0.25) is 0 Å². The first-order valence-electron chi connectivity index (χ1n) is 4.17. The summed E-state index contributed by atoms with van der Waals surface area (Å²) in [6, 6.07) is 0. The number of epoxide rings is 1. The maximum Gasteiger partial charge on any atom is 0.0878 e. The number of rotatable bonds is 0. The molecule has 2 unspecified atom stereocenters. The standard InChI is InChI=1S/C9H14O/c1-7-4-2-3-5-8-9(6-7)10-8/h4,8-9H,2-3,5-6H2,1H3/b7-4-. The Labute approximate surface area is 62.1 Å². The van der Waals surface area contributed by atoms with Crippen LogP contribution in [0.4, 0.5) is 0 Å². The summed E-state index contributed by atoms with van der Waals surface area (Å²) in [5.74, 6) is 0. The average molecular weight is 138 g/mol. The van der Waals surface area contributed by atoms with Gasteiger partial charge in [-0.05, 0) is 32.6 Å². The van der Waals surface area contributed by atoms with E-state index in [0.29, 0.717) is 12.2 Å². The third-order valence-electron chi connectivity index (χ3n) is 2.40. The van der Waals surface area contributed by atoms with Gasteiger partial charge in [0, 0.05) is 0 Å². The van der Waals surface area contributed by atoms with Crippen LogP contribution in [0.5, 0.6) is 0 Å². The first-order valence-corrected chi connectivity index (χ1v) is 4.17. The molecule has 1 nitrogen and oxygen atoms in total. The van der Waals surface area contributed by atoms with Gasteiger partial charge in [-0.25, -0.2) is 0 Å². The fraction of sp³-hybridized carbons (Fsp3) is 0.778. The van der Waals surface area contributed by atoms with Crippen molar-refractivity contribution in [3.63, 3.8) is 0 Å². The molecule has 2 aliphatic rings. The van der Waals surface area contributed by atoms with Crippen molar-refractivity contribution < 1.29 is 4.74 Å². The Morgan fingerprint density at radius 3 is 3.30 bits per heavy atom. The molecule has 1 aliphatic carbocycles. The van der Waals surface area contributed by atoms with Crippen molar-refractivity contribution >= 4 is 0 Å². The lowest BCUT2D eigenvalue weighted by atomic mass is 10.0. The zero-order valence-corrected chi connectivity index (χ0v) is 6.47. The second kappa shape index (κ2) is 2.39. The van der Waals surface area contributed by atoms with Crippen LogP contribution in [0.25, 0.3) is 0 Å². The van der Waals surface area contributed by atoms with Gasteiger partial charge in [-0.2, -0.15) is 0 Å². The Morgan fingerprint density at radius 2 is 2.40 bits per heavy atom. The summed E-state index contributed by atoms with van der Waals surface area (Å²) in [7, 11) is 0. The van der Waals surface area contributed by atoms with Crippen LogP contribution in [-0.4, -0.2) is 12.2 Å². The molecule has 0 amide bonds. The first kappa shape index (κ1) is 6.41. The normalized spacial score (nSPS) is 44.3. The summed E-state index contributed by atoms with van der Waals surface area (Å²) in [5, 5.41) is 0. The summed E-state index contributed by atoms with van der Waals surface area (Å²) in [5.41, 5.74) is 1.52. The van der Waals surface area contributed by atoms with E-state index in [1.54, 1.807) is 0 Å². The molecule has 1 saturated heterocycles. The van der Waals surface area contributed by atoms with Crippen LogP contribution in [0.1, 0.15) is 32.6 Å². The molecule has 0 aromatic heterocycles. The highest BCUT2D eigenvalue weighted by Crippen LogP contribution is 2.33. The lowest BCUT2D eigenvalue weighted by Gasteiger charge is -2.01. The highest BCUT2D eigenvalue weighted by molar-refractivity contribution is 5.06. The number of ether oxygens (including phenoxy) is 1. The molecule has 0 saturated carbocycles. The molecule has 1 aliphatic heterocycles. The van der Waals surface area contributed by atoms with E-state index in [9.17, 15) is 0 Å². The van der Waals surface area contributed by atoms with Gasteiger partial charge in [0.15, 0.2) is 0 Å². The Kier molecular flexibility index (Phi) is 1.53. The molecule has 56 valence electrons. The van der Waals surface area contributed by atoms with Crippen molar-refractivity contribution in [3.05, 3.63) is 11.6 Å². The summed E-state index contributed by atoms with van der Waals surface area (Å²) >= 11 is 0. The van der Waals surface area contributed by atoms with E-state index in [0.717, 1.165) is 0 Å². The maximum atomic E-state index is 5.47. The van der Waals surface area contributed by atoms with Gasteiger partial charge in [-0.3, -0.25) is 0 Å². The van der Waals surface area contributed by atoms with Gasteiger partial charge in [0.25, 0.3) is 0 Å². The van der Waals surface area contributed by atoms with Crippen LogP contribution in [-0.2, 0) is 4.74 Å². The van der Waals surface area contributed by atoms with Gasteiger partial charge in [-0.15, -0.1) is 0 Å². The highest BCUT2D eigenvalue weighted by Gasteiger charge is 2.38. The van der Waals surface area contributed by atoms with Crippen LogP contribution in [0, 0.1) is 0 Å². The van der Waals surface area contributed by atoms with Crippen LogP contribution >= 0.6 is 0 Å². The SMILES string of the molecule is C/C1=C/CCCC2OC2C1. The zero-order valence-electron chi connectivity index (χ0n) is 6.47. The highest BCUT2D eigenvalue weighted by atomic mass is 16.6. The third-order valence-corrected chi connectivity index (χ3v) is 2.40. The Bertz CT molecular complexity index is 160. The minimum atomic E-state index is 0.594. The van der Waals surface area contributed by atoms with Crippen molar-refractivity contribution in [2.24, 2.45) is 0 Å². The van der Waals surface area contributed by atoms with E-state index >= 15 is 0 Å². The molecule has 0 spiro atoms. The Balaban J connectivity index is 1.99. The second-order valence-electron chi connectivity index (χ2n) is 3.40. The molecule has 0 radical (unpaired) electrons. The molecule has 1 heterocycles. The van der Waals surface area contributed by atoms with Gasteiger partial charge in [-0.1, -0.05) is 11.6 Å². The third kappa shape index (κ3) is 1.24. The molecule has 0 bridgehead atoms. The minimum absolute atomic E-state index is 0.594. The largest absolute Gasteiger partial charge is 0.369 e. The predicted octanol–water partition coefficient (Wildman–Crippen LogP) is 2.27. The molecule has 0 aromatic rings. The van der Waals surface area contributed by atoms with E-state index in [4.69, 9.17) is 4.74 Å². The molecular formula is C9H14O. The number of allylic oxidation sites excluding steroid dienone is 1. The number of fused-ring (bicyclic) bond motifs is 1. The van der Waals surface area contributed by atoms with Crippen molar-refractivity contribution in [2.45, 2.75) is 44.8 Å². The Hall–Kier alpha value is -0.300.